The van der Waals surface area contributed by atoms with Crippen LogP contribution in [0.2, 0.25) is 5.02 Å². The van der Waals surface area contributed by atoms with E-state index in [0.717, 1.165) is 22.2 Å². The Hall–Kier alpha value is -4.02. The highest BCUT2D eigenvalue weighted by Crippen LogP contribution is 2.50. The minimum Gasteiger partial charge on any atom is -0.478 e. The maximum atomic E-state index is 17.4. The summed E-state index contributed by atoms with van der Waals surface area (Å²) in [5.74, 6) is -3.00. The highest BCUT2D eigenvalue weighted by atomic mass is 35.5. The van der Waals surface area contributed by atoms with Gasteiger partial charge in [0.25, 0.3) is 10.9 Å². The Bertz CT molecular complexity index is 1800. The number of aromatic amines is 1. The van der Waals surface area contributed by atoms with Crippen molar-refractivity contribution in [2.75, 3.05) is 0 Å². The largest absolute Gasteiger partial charge is 0.478 e. The standard InChI is InChI=1S/C27H19ClFN3O5S/c28-18-10-11-22-21(14-18)20-12-17(13-23(20)30-22)27(29,38(35,36)19-4-2-1-3-5-19)26-32-31-24(37-26)15-6-8-16(9-7-15)25(33)34/h1-11,14,17,30H,12-13H2,(H,33,34). The van der Waals surface area contributed by atoms with E-state index in [2.05, 4.69) is 15.2 Å². The van der Waals surface area contributed by atoms with Gasteiger partial charge in [-0.15, -0.1) is 10.2 Å². The van der Waals surface area contributed by atoms with Crippen molar-refractivity contribution in [3.05, 3.63) is 101 Å². The lowest BCUT2D eigenvalue weighted by Gasteiger charge is -2.28. The zero-order valence-electron chi connectivity index (χ0n) is 19.6. The maximum absolute atomic E-state index is 17.4. The number of carbonyl (C=O) groups is 1. The first-order chi connectivity index (χ1) is 18.2. The minimum atomic E-state index is -4.66. The van der Waals surface area contributed by atoms with Gasteiger partial charge in [-0.25, -0.2) is 17.6 Å². The molecule has 3 aromatic carbocycles. The van der Waals surface area contributed by atoms with E-state index >= 15 is 4.39 Å². The van der Waals surface area contributed by atoms with Gasteiger partial charge < -0.3 is 14.5 Å². The second-order valence-corrected chi connectivity index (χ2v) is 11.6. The average molecular weight is 552 g/mol. The molecule has 0 saturated carbocycles. The number of nitrogens with zero attached hydrogens (tertiary/aromatic N) is 2. The number of aromatic carboxylic acids is 1. The van der Waals surface area contributed by atoms with E-state index in [1.165, 1.54) is 48.5 Å². The SMILES string of the molecule is O=C(O)c1ccc(-c2nnc(C(F)(C3Cc4[nH]c5ccc(Cl)cc5c4C3)S(=O)(=O)c3ccccc3)o2)cc1. The van der Waals surface area contributed by atoms with Crippen LogP contribution in [0.4, 0.5) is 4.39 Å². The molecule has 0 radical (unpaired) electrons. The van der Waals surface area contributed by atoms with Crippen LogP contribution in [0.1, 0.15) is 27.5 Å². The van der Waals surface area contributed by atoms with Crippen LogP contribution < -0.4 is 0 Å². The van der Waals surface area contributed by atoms with Crippen molar-refractivity contribution in [1.29, 1.82) is 0 Å². The Kier molecular flexibility index (Phi) is 5.62. The molecular weight excluding hydrogens is 533 g/mol. The summed E-state index contributed by atoms with van der Waals surface area (Å²) < 4.78 is 50.9. The molecule has 0 bridgehead atoms. The number of aromatic nitrogens is 3. The third-order valence-corrected chi connectivity index (χ3v) is 9.34. The summed E-state index contributed by atoms with van der Waals surface area (Å²) in [5, 5.41) is 15.2. The number of alkyl halides is 1. The predicted molar refractivity (Wildman–Crippen MR) is 137 cm³/mol. The van der Waals surface area contributed by atoms with Gasteiger partial charge in [-0.1, -0.05) is 29.8 Å². The molecule has 0 aliphatic heterocycles. The van der Waals surface area contributed by atoms with E-state index in [1.54, 1.807) is 18.2 Å². The fraction of sp³-hybridized carbons (Fsp3) is 0.148. The molecule has 2 aromatic heterocycles. The van der Waals surface area contributed by atoms with Gasteiger partial charge >= 0.3 is 5.97 Å². The highest BCUT2D eigenvalue weighted by Gasteiger charge is 2.59. The van der Waals surface area contributed by atoms with Crippen molar-refractivity contribution >= 4 is 38.3 Å². The first kappa shape index (κ1) is 24.3. The summed E-state index contributed by atoms with van der Waals surface area (Å²) in [6, 6.07) is 18.2. The Balaban J connectivity index is 1.46. The summed E-state index contributed by atoms with van der Waals surface area (Å²) in [6.07, 6.45) is 0.193. The smallest absolute Gasteiger partial charge is 0.335 e. The van der Waals surface area contributed by atoms with Gasteiger partial charge in [-0.05, 0) is 73.0 Å². The van der Waals surface area contributed by atoms with Crippen LogP contribution in [0.15, 0.2) is 82.1 Å². The Labute approximate surface area is 221 Å². The van der Waals surface area contributed by atoms with Crippen molar-refractivity contribution in [3.8, 4) is 11.5 Å². The number of carboxylic acids is 1. The molecule has 11 heteroatoms. The quantitative estimate of drug-likeness (QED) is 0.282. The Morgan fingerprint density at radius 1 is 1.05 bits per heavy atom. The van der Waals surface area contributed by atoms with Gasteiger partial charge in [0, 0.05) is 33.1 Å². The average Bonchev–Trinajstić information content (AvgIpc) is 3.64. The highest BCUT2D eigenvalue weighted by molar-refractivity contribution is 7.92. The molecule has 1 aliphatic carbocycles. The van der Waals surface area contributed by atoms with E-state index < -0.39 is 32.6 Å². The number of benzene rings is 3. The molecule has 2 heterocycles. The Morgan fingerprint density at radius 3 is 2.50 bits per heavy atom. The maximum Gasteiger partial charge on any atom is 0.335 e. The van der Waals surface area contributed by atoms with Crippen LogP contribution in [0, 0.1) is 5.92 Å². The third kappa shape index (κ3) is 3.71. The number of hydrogen-bond donors (Lipinski definition) is 2. The Morgan fingerprint density at radius 2 is 1.79 bits per heavy atom. The molecule has 8 nitrogen and oxygen atoms in total. The number of halogens is 2. The monoisotopic (exact) mass is 551 g/mol. The second-order valence-electron chi connectivity index (χ2n) is 9.13. The van der Waals surface area contributed by atoms with Gasteiger partial charge in [-0.2, -0.15) is 0 Å². The van der Waals surface area contributed by atoms with Crippen molar-refractivity contribution in [2.45, 2.75) is 22.7 Å². The lowest BCUT2D eigenvalue weighted by molar-refractivity contribution is 0.0697. The molecule has 192 valence electrons. The summed E-state index contributed by atoms with van der Waals surface area (Å²) in [7, 11) is -4.66. The second kappa shape index (κ2) is 8.78. The van der Waals surface area contributed by atoms with Crippen LogP contribution in [0.25, 0.3) is 22.4 Å². The first-order valence-electron chi connectivity index (χ1n) is 11.6. The zero-order valence-corrected chi connectivity index (χ0v) is 21.1. The molecule has 0 amide bonds. The van der Waals surface area contributed by atoms with Gasteiger partial charge in [0.1, 0.15) is 0 Å². The molecule has 0 saturated heterocycles. The number of nitrogens with one attached hydrogen (secondary N) is 1. The molecule has 6 rings (SSSR count). The van der Waals surface area contributed by atoms with Crippen LogP contribution in [-0.2, 0) is 27.7 Å². The van der Waals surface area contributed by atoms with Gasteiger partial charge in [0.15, 0.2) is 0 Å². The number of fused-ring (bicyclic) bond motifs is 3. The summed E-state index contributed by atoms with van der Waals surface area (Å²) in [6.45, 7) is 0. The molecule has 2 unspecified atom stereocenters. The lowest BCUT2D eigenvalue weighted by atomic mass is 9.98. The number of sulfone groups is 1. The van der Waals surface area contributed by atoms with Crippen LogP contribution in [0.3, 0.4) is 0 Å². The van der Waals surface area contributed by atoms with Crippen molar-refractivity contribution in [3.63, 3.8) is 0 Å². The van der Waals surface area contributed by atoms with E-state index in [1.807, 2.05) is 6.07 Å². The van der Waals surface area contributed by atoms with E-state index in [0.29, 0.717) is 10.6 Å². The van der Waals surface area contributed by atoms with E-state index in [9.17, 15) is 13.2 Å². The van der Waals surface area contributed by atoms with E-state index in [-0.39, 0.29) is 29.2 Å². The molecule has 0 spiro atoms. The molecule has 1 aliphatic rings. The number of H-pyrrole nitrogens is 1. The van der Waals surface area contributed by atoms with E-state index in [4.69, 9.17) is 21.1 Å². The third-order valence-electron chi connectivity index (χ3n) is 6.92. The van der Waals surface area contributed by atoms with Gasteiger partial charge in [-0.3, -0.25) is 0 Å². The fourth-order valence-electron chi connectivity index (χ4n) is 5.02. The molecule has 38 heavy (non-hydrogen) atoms. The molecule has 5 aromatic rings. The first-order valence-corrected chi connectivity index (χ1v) is 13.5. The van der Waals surface area contributed by atoms with Crippen molar-refractivity contribution in [1.82, 2.24) is 15.2 Å². The molecule has 0 fully saturated rings. The summed E-state index contributed by atoms with van der Waals surface area (Å²) in [4.78, 5) is 14.2. The predicted octanol–water partition coefficient (Wildman–Crippen LogP) is 5.58. The number of hydrogen-bond acceptors (Lipinski definition) is 6. The molecule has 2 atom stereocenters. The summed E-state index contributed by atoms with van der Waals surface area (Å²) >= 11 is 6.19. The lowest BCUT2D eigenvalue weighted by Crippen LogP contribution is -2.40. The van der Waals surface area contributed by atoms with Gasteiger partial charge in [0.2, 0.25) is 15.7 Å². The number of carboxylic acid groups (broad SMARTS) is 1. The number of rotatable bonds is 6. The molecule has 2 N–H and O–H groups in total. The van der Waals surface area contributed by atoms with Crippen molar-refractivity contribution < 1.29 is 27.1 Å². The van der Waals surface area contributed by atoms with Crippen LogP contribution >= 0.6 is 11.6 Å². The van der Waals surface area contributed by atoms with Crippen LogP contribution in [-0.4, -0.2) is 34.7 Å². The minimum absolute atomic E-state index is 0.0411. The van der Waals surface area contributed by atoms with Crippen molar-refractivity contribution in [2.24, 2.45) is 5.92 Å². The fourth-order valence-corrected chi connectivity index (χ4v) is 6.97. The zero-order chi connectivity index (χ0) is 26.7. The normalized spacial score (nSPS) is 16.8. The van der Waals surface area contributed by atoms with Crippen LogP contribution in [0.5, 0.6) is 0 Å². The topological polar surface area (TPSA) is 126 Å². The summed E-state index contributed by atoms with van der Waals surface area (Å²) in [5.41, 5.74) is 2.71. The van der Waals surface area contributed by atoms with Gasteiger partial charge in [0.05, 0.1) is 10.5 Å². The molecular formula is C27H19ClFN3O5S.